The van der Waals surface area contributed by atoms with E-state index in [-0.39, 0.29) is 71.7 Å². The first-order chi connectivity index (χ1) is 59.5. The monoisotopic (exact) mass is 1750 g/mol. The summed E-state index contributed by atoms with van der Waals surface area (Å²) in [4.78, 5) is 37.0. The molecule has 0 saturated carbocycles. The summed E-state index contributed by atoms with van der Waals surface area (Å²) in [6, 6.07) is 130. The molecule has 0 saturated heterocycles. The van der Waals surface area contributed by atoms with E-state index in [1.165, 1.54) is 122 Å². The van der Waals surface area contributed by atoms with E-state index >= 15 is 0 Å². The van der Waals surface area contributed by atoms with Crippen LogP contribution in [-0.4, -0.2) is 23.6 Å². The third-order valence-corrected chi connectivity index (χ3v) is 17.7. The first-order valence-electron chi connectivity index (χ1n) is 45.7. The van der Waals surface area contributed by atoms with Crippen LogP contribution in [0, 0.1) is 21.7 Å². The van der Waals surface area contributed by atoms with E-state index < -0.39 is 0 Å². The Bertz CT molecular complexity index is 3290. The summed E-state index contributed by atoms with van der Waals surface area (Å²) in [6.07, 6.45) is 14.6. The molecule has 12 rings (SSSR count). The van der Waals surface area contributed by atoms with E-state index in [1.807, 2.05) is 111 Å². The third-order valence-electron chi connectivity index (χ3n) is 17.7. The maximum Gasteiger partial charge on any atom is 0.126 e. The molecule has 12 aromatic carbocycles. The molecule has 0 aromatic heterocycles. The Kier molecular flexibility index (Phi) is 81.1. The number of Topliss-reactive ketones (excluding diaryl/α,β-unsaturated/α-hetero) is 3. The maximum atomic E-state index is 9.44. The average Bonchev–Trinajstić information content (AvgIpc) is 0.850. The van der Waals surface area contributed by atoms with Crippen LogP contribution in [0.4, 0.5) is 0 Å². The van der Waals surface area contributed by atoms with Crippen molar-refractivity contribution in [2.75, 3.05) is 0 Å². The Morgan fingerprint density at radius 2 is 0.226 bits per heavy atom. The molecule has 0 aliphatic rings. The molecule has 4 nitrogen and oxygen atoms in total. The van der Waals surface area contributed by atoms with E-state index in [0.717, 1.165) is 77.0 Å². The minimum Gasteiger partial charge on any atom is -0.542 e. The largest absolute Gasteiger partial charge is 0.542 e. The van der Waals surface area contributed by atoms with Gasteiger partial charge in [-0.3, -0.25) is 6.29 Å². The zero-order valence-electron chi connectivity index (χ0n) is 82.3. The van der Waals surface area contributed by atoms with Crippen LogP contribution >= 0.6 is 0 Å². The summed E-state index contributed by atoms with van der Waals surface area (Å²) in [7, 11) is 0. The molecular formula is C119H165O4Y-. The van der Waals surface area contributed by atoms with Crippen LogP contribution in [0.2, 0.25) is 0 Å². The van der Waals surface area contributed by atoms with E-state index in [0.29, 0.717) is 0 Å². The zero-order chi connectivity index (χ0) is 93.3. The van der Waals surface area contributed by atoms with Crippen molar-refractivity contribution >= 4 is 23.6 Å². The van der Waals surface area contributed by atoms with Crippen molar-refractivity contribution in [3.8, 4) is 0 Å². The van der Waals surface area contributed by atoms with Crippen LogP contribution in [0.5, 0.6) is 0 Å². The van der Waals surface area contributed by atoms with Gasteiger partial charge in [0.1, 0.15) is 17.3 Å². The van der Waals surface area contributed by atoms with Gasteiger partial charge >= 0.3 is 0 Å². The predicted octanol–water partition coefficient (Wildman–Crippen LogP) is 33.0. The second-order valence-electron chi connectivity index (χ2n) is 30.1. The molecule has 124 heavy (non-hydrogen) atoms. The van der Waals surface area contributed by atoms with Gasteiger partial charge in [-0.15, -0.1) is 0 Å². The fourth-order valence-corrected chi connectivity index (χ4v) is 13.8. The molecule has 5 heteroatoms. The molecule has 0 spiro atoms. The van der Waals surface area contributed by atoms with Crippen molar-refractivity contribution in [3.05, 3.63) is 431 Å². The summed E-state index contributed by atoms with van der Waals surface area (Å²) >= 11 is 0. The SMILES string of the molecule is CC.CC.CC.CC.CC.CC.CC.CC.CC(C)=O.CC(C)=O.CC(C)=O.CC(Cc1ccccc1)(Cc1ccccc1)Cc1ccccc1.CC(Cc1ccccc1)(Cc1ccccc1)Cc1ccccc1.CC(Cc1ccccc1)(Cc1ccccc1)Cc1ccccc1.CC(Cc1ccccc1)(Cc1ccccc1)Cc1ccccc1.C[C-]=O.[Y]. The molecule has 0 N–H and O–H groups in total. The predicted molar refractivity (Wildman–Crippen MR) is 545 cm³/mol. The van der Waals surface area contributed by atoms with Crippen molar-refractivity contribution < 1.29 is 51.9 Å². The van der Waals surface area contributed by atoms with Crippen LogP contribution in [0.25, 0.3) is 0 Å². The van der Waals surface area contributed by atoms with E-state index in [9.17, 15) is 14.4 Å². The Labute approximate surface area is 785 Å². The maximum absolute atomic E-state index is 9.44. The standard InChI is InChI=1S/4C23H24.3C3H6O.C2H3O.8C2H6.Y/c4*1-23(17-20-11-5-2-6-12-20,18-21-13-7-3-8-14-21)19-22-15-9-4-10-16-22;3*1-3(2)4;1-2-3;8*1-2;/h4*2-16H,17-19H2,1H3;3*1-2H3;1H3;8*1-2H3;/q;;;;;;;-1;;;;;;;;;. The molecule has 0 amide bonds. The molecular weight excluding hydrogens is 1580 g/mol. The fourth-order valence-electron chi connectivity index (χ4n) is 13.8. The van der Waals surface area contributed by atoms with Crippen LogP contribution in [0.15, 0.2) is 364 Å². The number of ketones is 3. The summed E-state index contributed by atoms with van der Waals surface area (Å²) in [6.45, 7) is 52.2. The molecule has 669 valence electrons. The van der Waals surface area contributed by atoms with Gasteiger partial charge in [-0.1, -0.05) is 502 Å². The Balaban J connectivity index is -0.000000455. The van der Waals surface area contributed by atoms with Crippen LogP contribution < -0.4 is 0 Å². The van der Waals surface area contributed by atoms with Gasteiger partial charge in [0.15, 0.2) is 0 Å². The van der Waals surface area contributed by atoms with Gasteiger partial charge in [0, 0.05) is 32.7 Å². The molecule has 0 heterocycles. The number of benzene rings is 12. The number of hydrogen-bond donors (Lipinski definition) is 0. The molecule has 0 fully saturated rings. The number of carbonyl (C=O) groups is 3. The molecule has 0 unspecified atom stereocenters. The first-order valence-corrected chi connectivity index (χ1v) is 45.7. The van der Waals surface area contributed by atoms with Crippen LogP contribution in [0.1, 0.15) is 254 Å². The van der Waals surface area contributed by atoms with Crippen molar-refractivity contribution in [1.82, 2.24) is 0 Å². The molecule has 0 bridgehead atoms. The van der Waals surface area contributed by atoms with Crippen molar-refractivity contribution in [2.24, 2.45) is 21.7 Å². The van der Waals surface area contributed by atoms with E-state index in [2.05, 4.69) is 392 Å². The third kappa shape index (κ3) is 65.1. The minimum absolute atomic E-state index is 0. The smallest absolute Gasteiger partial charge is 0.126 e. The van der Waals surface area contributed by atoms with Crippen molar-refractivity contribution in [3.63, 3.8) is 0 Å². The molecule has 0 aliphatic heterocycles. The zero-order valence-corrected chi connectivity index (χ0v) is 85.2. The molecule has 0 aliphatic carbocycles. The van der Waals surface area contributed by atoms with Gasteiger partial charge < -0.3 is 19.2 Å². The Hall–Kier alpha value is -9.58. The van der Waals surface area contributed by atoms with E-state index in [1.54, 1.807) is 0 Å². The first kappa shape index (κ1) is 123. The van der Waals surface area contributed by atoms with Gasteiger partial charge in [0.05, 0.1) is 0 Å². The van der Waals surface area contributed by atoms with Gasteiger partial charge in [0.25, 0.3) is 0 Å². The van der Waals surface area contributed by atoms with E-state index in [4.69, 9.17) is 4.79 Å². The van der Waals surface area contributed by atoms with Gasteiger partial charge in [0.2, 0.25) is 0 Å². The fraction of sp³-hybridized carbons (Fsp3) is 0.361. The molecule has 12 aromatic rings. The average molecular weight is 1750 g/mol. The van der Waals surface area contributed by atoms with Gasteiger partial charge in [-0.2, -0.15) is 6.92 Å². The number of rotatable bonds is 24. The Morgan fingerprint density at radius 3 is 0.274 bits per heavy atom. The summed E-state index contributed by atoms with van der Waals surface area (Å²) in [5, 5.41) is 0. The second-order valence-corrected chi connectivity index (χ2v) is 30.1. The van der Waals surface area contributed by atoms with Crippen LogP contribution in [-0.2, 0) is 129 Å². The normalized spacial score (nSPS) is 9.54. The molecule has 0 atom stereocenters. The van der Waals surface area contributed by atoms with Crippen molar-refractivity contribution in [1.29, 1.82) is 0 Å². The van der Waals surface area contributed by atoms with Gasteiger partial charge in [-0.05, 0) is 207 Å². The van der Waals surface area contributed by atoms with Crippen molar-refractivity contribution in [2.45, 2.75) is 264 Å². The molecule has 1 radical (unpaired) electrons. The summed E-state index contributed by atoms with van der Waals surface area (Å²) in [5.41, 5.74) is 17.9. The number of hydrogen-bond acceptors (Lipinski definition) is 4. The second kappa shape index (κ2) is 81.8. The Morgan fingerprint density at radius 1 is 0.177 bits per heavy atom. The quantitative estimate of drug-likeness (QED) is 0.0566. The van der Waals surface area contributed by atoms with Crippen LogP contribution in [0.3, 0.4) is 0 Å². The minimum atomic E-state index is 0. The topological polar surface area (TPSA) is 68.3 Å². The number of carbonyl (C=O) groups excluding carboxylic acids is 4. The van der Waals surface area contributed by atoms with Gasteiger partial charge in [-0.25, -0.2) is 0 Å². The summed E-state index contributed by atoms with van der Waals surface area (Å²) < 4.78 is 0. The summed E-state index contributed by atoms with van der Waals surface area (Å²) in [5.74, 6) is 0.500.